The Balaban J connectivity index is 1.58. The van der Waals surface area contributed by atoms with E-state index in [-0.39, 0.29) is 24.7 Å². The summed E-state index contributed by atoms with van der Waals surface area (Å²) in [4.78, 5) is 14.4. The van der Waals surface area contributed by atoms with E-state index < -0.39 is 0 Å². The monoisotopic (exact) mass is 344 g/mol. The highest BCUT2D eigenvalue weighted by molar-refractivity contribution is 5.75. The second-order valence-electron chi connectivity index (χ2n) is 6.50. The van der Waals surface area contributed by atoms with Gasteiger partial charge in [0.15, 0.2) is 0 Å². The number of rotatable bonds is 6. The Morgan fingerprint density at radius 2 is 1.96 bits per heavy atom. The first-order valence-electron chi connectivity index (χ1n) is 8.52. The van der Waals surface area contributed by atoms with Gasteiger partial charge in [-0.3, -0.25) is 9.69 Å². The Kier molecular flexibility index (Phi) is 5.72. The van der Waals surface area contributed by atoms with Crippen molar-refractivity contribution in [1.82, 2.24) is 30.4 Å². The zero-order valence-corrected chi connectivity index (χ0v) is 14.6. The first-order valence-corrected chi connectivity index (χ1v) is 8.52. The van der Waals surface area contributed by atoms with E-state index in [0.29, 0.717) is 6.54 Å². The molecule has 0 bridgehead atoms. The summed E-state index contributed by atoms with van der Waals surface area (Å²) in [7, 11) is 0. The van der Waals surface area contributed by atoms with E-state index in [9.17, 15) is 4.79 Å². The van der Waals surface area contributed by atoms with Crippen LogP contribution in [0.3, 0.4) is 0 Å². The number of carbonyl (C=O) groups is 1. The average molecular weight is 344 g/mol. The van der Waals surface area contributed by atoms with E-state index in [1.165, 1.54) is 16.6 Å². The van der Waals surface area contributed by atoms with Gasteiger partial charge in [0.1, 0.15) is 12.9 Å². The minimum absolute atomic E-state index is 0.115. The summed E-state index contributed by atoms with van der Waals surface area (Å²) in [5.41, 5.74) is 2.35. The fourth-order valence-electron chi connectivity index (χ4n) is 3.19. The minimum atomic E-state index is -0.115. The van der Waals surface area contributed by atoms with Crippen molar-refractivity contribution in [2.45, 2.75) is 45.7 Å². The van der Waals surface area contributed by atoms with Crippen molar-refractivity contribution < 1.29 is 9.53 Å². The van der Waals surface area contributed by atoms with Crippen LogP contribution < -0.4 is 5.32 Å². The number of nitrogens with zero attached hydrogens (tertiary/aromatic N) is 5. The quantitative estimate of drug-likeness (QED) is 0.826. The number of benzene rings is 1. The van der Waals surface area contributed by atoms with Crippen LogP contribution >= 0.6 is 0 Å². The van der Waals surface area contributed by atoms with Crippen LogP contribution in [0.5, 0.6) is 0 Å². The highest BCUT2D eigenvalue weighted by Crippen LogP contribution is 2.17. The number of hydrogen-bond donors (Lipinski definition) is 1. The molecular weight excluding hydrogens is 320 g/mol. The van der Waals surface area contributed by atoms with Crippen LogP contribution in [0, 0.1) is 0 Å². The summed E-state index contributed by atoms with van der Waals surface area (Å²) in [5, 5.41) is 13.7. The maximum absolute atomic E-state index is 12.0. The lowest BCUT2D eigenvalue weighted by Crippen LogP contribution is -2.45. The van der Waals surface area contributed by atoms with Crippen molar-refractivity contribution in [1.29, 1.82) is 0 Å². The number of ether oxygens (including phenoxy) is 1. The molecule has 1 N–H and O–H groups in total. The SMILES string of the molecule is C[C@H]1CN(Cc2ccccc2CNC(=O)Cn2cnnn2)C[C@H](C)O1. The molecular formula is C17H24N6O2. The smallest absolute Gasteiger partial charge is 0.242 e. The van der Waals surface area contributed by atoms with Gasteiger partial charge in [0.2, 0.25) is 5.91 Å². The molecule has 1 fully saturated rings. The molecule has 8 nitrogen and oxygen atoms in total. The molecule has 1 saturated heterocycles. The molecule has 3 rings (SSSR count). The maximum Gasteiger partial charge on any atom is 0.242 e. The van der Waals surface area contributed by atoms with Crippen molar-refractivity contribution in [2.75, 3.05) is 13.1 Å². The molecule has 1 aromatic heterocycles. The van der Waals surface area contributed by atoms with Gasteiger partial charge in [-0.15, -0.1) is 5.10 Å². The first kappa shape index (κ1) is 17.5. The number of tetrazole rings is 1. The predicted octanol–water partition coefficient (Wildman–Crippen LogP) is 0.599. The van der Waals surface area contributed by atoms with Gasteiger partial charge in [0.25, 0.3) is 0 Å². The predicted molar refractivity (Wildman–Crippen MR) is 91.4 cm³/mol. The van der Waals surface area contributed by atoms with Gasteiger partial charge < -0.3 is 10.1 Å². The second kappa shape index (κ2) is 8.17. The van der Waals surface area contributed by atoms with Crippen LogP contribution in [0.1, 0.15) is 25.0 Å². The zero-order chi connectivity index (χ0) is 17.6. The summed E-state index contributed by atoms with van der Waals surface area (Å²) in [5.74, 6) is -0.115. The van der Waals surface area contributed by atoms with E-state index in [2.05, 4.69) is 51.7 Å². The lowest BCUT2D eigenvalue weighted by atomic mass is 10.1. The standard InChI is InChI=1S/C17H24N6O2/c1-13-8-22(9-14(2)25-13)10-16-6-4-3-5-15(16)7-18-17(24)11-23-12-19-20-21-23/h3-6,12-14H,7-11H2,1-2H3,(H,18,24)/t13-,14-/m0/s1. The lowest BCUT2D eigenvalue weighted by molar-refractivity contribution is -0.122. The molecule has 1 amide bonds. The Labute approximate surface area is 147 Å². The molecule has 134 valence electrons. The van der Waals surface area contributed by atoms with Crippen LogP contribution in [-0.2, 0) is 29.2 Å². The topological polar surface area (TPSA) is 85.2 Å². The molecule has 0 aliphatic carbocycles. The molecule has 25 heavy (non-hydrogen) atoms. The molecule has 2 aromatic rings. The highest BCUT2D eigenvalue weighted by atomic mass is 16.5. The lowest BCUT2D eigenvalue weighted by Gasteiger charge is -2.35. The van der Waals surface area contributed by atoms with Gasteiger partial charge in [-0.05, 0) is 35.4 Å². The second-order valence-corrected chi connectivity index (χ2v) is 6.50. The van der Waals surface area contributed by atoms with E-state index in [4.69, 9.17) is 4.74 Å². The van der Waals surface area contributed by atoms with Crippen molar-refractivity contribution >= 4 is 5.91 Å². The van der Waals surface area contributed by atoms with Gasteiger partial charge >= 0.3 is 0 Å². The number of nitrogens with one attached hydrogen (secondary N) is 1. The minimum Gasteiger partial charge on any atom is -0.373 e. The molecule has 8 heteroatoms. The van der Waals surface area contributed by atoms with Crippen LogP contribution in [0.25, 0.3) is 0 Å². The van der Waals surface area contributed by atoms with Crippen LogP contribution in [0.15, 0.2) is 30.6 Å². The first-order chi connectivity index (χ1) is 12.1. The average Bonchev–Trinajstić information content (AvgIpc) is 3.06. The summed E-state index contributed by atoms with van der Waals surface area (Å²) in [6, 6.07) is 8.21. The fraction of sp³-hybridized carbons (Fsp3) is 0.529. The van der Waals surface area contributed by atoms with E-state index in [0.717, 1.165) is 25.2 Å². The molecule has 0 unspecified atom stereocenters. The number of amides is 1. The molecule has 1 aliphatic heterocycles. The van der Waals surface area contributed by atoms with E-state index in [1.807, 2.05) is 12.1 Å². The van der Waals surface area contributed by atoms with Crippen molar-refractivity contribution in [3.8, 4) is 0 Å². The third-order valence-corrected chi connectivity index (χ3v) is 4.18. The maximum atomic E-state index is 12.0. The summed E-state index contributed by atoms with van der Waals surface area (Å²) >= 11 is 0. The summed E-state index contributed by atoms with van der Waals surface area (Å²) in [6.07, 6.45) is 1.91. The molecule has 0 spiro atoms. The van der Waals surface area contributed by atoms with Crippen molar-refractivity contribution in [3.05, 3.63) is 41.7 Å². The third-order valence-electron chi connectivity index (χ3n) is 4.18. The fourth-order valence-corrected chi connectivity index (χ4v) is 3.19. The molecule has 1 aromatic carbocycles. The Morgan fingerprint density at radius 3 is 2.64 bits per heavy atom. The largest absolute Gasteiger partial charge is 0.373 e. The molecule has 2 heterocycles. The molecule has 0 radical (unpaired) electrons. The Morgan fingerprint density at radius 1 is 1.24 bits per heavy atom. The van der Waals surface area contributed by atoms with Gasteiger partial charge in [0, 0.05) is 26.2 Å². The summed E-state index contributed by atoms with van der Waals surface area (Å²) < 4.78 is 7.20. The number of aromatic nitrogens is 4. The van der Waals surface area contributed by atoms with E-state index >= 15 is 0 Å². The van der Waals surface area contributed by atoms with Gasteiger partial charge in [0.05, 0.1) is 12.2 Å². The normalized spacial score (nSPS) is 21.2. The third kappa shape index (κ3) is 5.07. The number of carbonyl (C=O) groups excluding carboxylic acids is 1. The Hall–Kier alpha value is -2.32. The Bertz CT molecular complexity index is 680. The summed E-state index contributed by atoms with van der Waals surface area (Å²) in [6.45, 7) is 7.52. The zero-order valence-electron chi connectivity index (χ0n) is 14.6. The highest BCUT2D eigenvalue weighted by Gasteiger charge is 2.22. The molecule has 1 aliphatic rings. The van der Waals surface area contributed by atoms with Gasteiger partial charge in [-0.2, -0.15) is 0 Å². The van der Waals surface area contributed by atoms with Crippen molar-refractivity contribution in [3.63, 3.8) is 0 Å². The van der Waals surface area contributed by atoms with Crippen LogP contribution in [-0.4, -0.2) is 56.3 Å². The number of morpholine rings is 1. The van der Waals surface area contributed by atoms with Crippen molar-refractivity contribution in [2.24, 2.45) is 0 Å². The van der Waals surface area contributed by atoms with Crippen LogP contribution in [0.4, 0.5) is 0 Å². The van der Waals surface area contributed by atoms with Gasteiger partial charge in [-0.1, -0.05) is 24.3 Å². The number of hydrogen-bond acceptors (Lipinski definition) is 6. The van der Waals surface area contributed by atoms with E-state index in [1.54, 1.807) is 0 Å². The van der Waals surface area contributed by atoms with Gasteiger partial charge in [-0.25, -0.2) is 4.68 Å². The van der Waals surface area contributed by atoms with Crippen LogP contribution in [0.2, 0.25) is 0 Å². The molecule has 0 saturated carbocycles. The molecule has 2 atom stereocenters.